The fourth-order valence-electron chi connectivity index (χ4n) is 2.06. The molecule has 3 aromatic heterocycles. The summed E-state index contributed by atoms with van der Waals surface area (Å²) in [5.41, 5.74) is 0.985. The Kier molecular flexibility index (Phi) is 4.65. The van der Waals surface area contributed by atoms with Gasteiger partial charge in [0.2, 0.25) is 0 Å². The first-order valence-corrected chi connectivity index (χ1v) is 9.05. The van der Waals surface area contributed by atoms with E-state index in [2.05, 4.69) is 40.3 Å². The topological polar surface area (TPSA) is 32.3 Å². The summed E-state index contributed by atoms with van der Waals surface area (Å²) in [6.07, 6.45) is -0.455. The highest BCUT2D eigenvalue weighted by Crippen LogP contribution is 2.29. The maximum atomic E-state index is 10.2. The normalized spacial score (nSPS) is 12.9. The minimum absolute atomic E-state index is 0.170. The Morgan fingerprint density at radius 1 is 1.00 bits per heavy atom. The number of thiophene rings is 3. The van der Waals surface area contributed by atoms with Gasteiger partial charge >= 0.3 is 0 Å². The molecule has 0 aliphatic heterocycles. The average molecular weight is 321 g/mol. The minimum atomic E-state index is -0.455. The van der Waals surface area contributed by atoms with E-state index in [1.165, 1.54) is 9.75 Å². The largest absolute Gasteiger partial charge is 0.387 e. The monoisotopic (exact) mass is 321 g/mol. The van der Waals surface area contributed by atoms with E-state index in [0.717, 1.165) is 5.56 Å². The van der Waals surface area contributed by atoms with Crippen molar-refractivity contribution in [3.8, 4) is 0 Å². The predicted octanol–water partition coefficient (Wildman–Crippen LogP) is 4.28. The molecule has 0 fully saturated rings. The quantitative estimate of drug-likeness (QED) is 0.710. The van der Waals surface area contributed by atoms with Crippen molar-refractivity contribution in [2.24, 2.45) is 0 Å². The molecule has 0 saturated carbocycles. The van der Waals surface area contributed by atoms with E-state index in [1.54, 1.807) is 34.0 Å². The van der Waals surface area contributed by atoms with Gasteiger partial charge < -0.3 is 10.4 Å². The Balaban J connectivity index is 1.71. The Morgan fingerprint density at radius 3 is 2.20 bits per heavy atom. The molecule has 0 amide bonds. The average Bonchev–Trinajstić information content (AvgIpc) is 3.22. The van der Waals surface area contributed by atoms with Crippen molar-refractivity contribution in [2.75, 3.05) is 6.54 Å². The van der Waals surface area contributed by atoms with Crippen LogP contribution in [0.25, 0.3) is 0 Å². The second-order valence-corrected chi connectivity index (χ2v) is 7.18. The Bertz CT molecular complexity index is 567. The van der Waals surface area contributed by atoms with Gasteiger partial charge in [-0.15, -0.1) is 22.7 Å². The first kappa shape index (κ1) is 14.0. The van der Waals surface area contributed by atoms with Crippen molar-refractivity contribution in [2.45, 2.75) is 12.1 Å². The number of rotatable bonds is 6. The maximum Gasteiger partial charge on any atom is 0.0922 e. The third-order valence-electron chi connectivity index (χ3n) is 3.10. The van der Waals surface area contributed by atoms with E-state index in [9.17, 15) is 5.11 Å². The third kappa shape index (κ3) is 3.19. The smallest absolute Gasteiger partial charge is 0.0922 e. The fourth-order valence-corrected chi connectivity index (χ4v) is 4.48. The molecule has 104 valence electrons. The summed E-state index contributed by atoms with van der Waals surface area (Å²) in [6.45, 7) is 0.553. The van der Waals surface area contributed by atoms with Crippen LogP contribution in [0.3, 0.4) is 0 Å². The summed E-state index contributed by atoms with van der Waals surface area (Å²) < 4.78 is 0. The van der Waals surface area contributed by atoms with Crippen LogP contribution in [0.15, 0.2) is 51.9 Å². The molecule has 1 unspecified atom stereocenters. The molecule has 5 heteroatoms. The third-order valence-corrected chi connectivity index (χ3v) is 5.67. The molecule has 0 radical (unpaired) electrons. The maximum absolute atomic E-state index is 10.2. The highest BCUT2D eigenvalue weighted by atomic mass is 32.1. The van der Waals surface area contributed by atoms with Crippen molar-refractivity contribution in [3.05, 3.63) is 67.2 Å². The summed E-state index contributed by atoms with van der Waals surface area (Å²) in [6, 6.07) is 10.6. The molecule has 0 aliphatic carbocycles. The molecular formula is C15H15NOS3. The number of hydrogen-bond acceptors (Lipinski definition) is 5. The molecule has 3 aromatic rings. The van der Waals surface area contributed by atoms with Crippen LogP contribution < -0.4 is 5.32 Å². The van der Waals surface area contributed by atoms with Gasteiger partial charge in [0.05, 0.1) is 12.1 Å². The van der Waals surface area contributed by atoms with E-state index < -0.39 is 6.10 Å². The molecule has 1 atom stereocenters. The zero-order valence-corrected chi connectivity index (χ0v) is 13.2. The van der Waals surface area contributed by atoms with E-state index in [1.807, 2.05) is 16.8 Å². The molecule has 0 bridgehead atoms. The van der Waals surface area contributed by atoms with E-state index in [-0.39, 0.29) is 6.04 Å². The van der Waals surface area contributed by atoms with Crippen LogP contribution in [0.4, 0.5) is 0 Å². The lowest BCUT2D eigenvalue weighted by Gasteiger charge is -2.18. The lowest BCUT2D eigenvalue weighted by molar-refractivity contribution is 0.172. The molecule has 0 aliphatic rings. The van der Waals surface area contributed by atoms with Crippen molar-refractivity contribution >= 4 is 34.0 Å². The summed E-state index contributed by atoms with van der Waals surface area (Å²) in [5, 5.41) is 21.9. The molecule has 3 rings (SSSR count). The second-order valence-electron chi connectivity index (χ2n) is 4.44. The zero-order valence-electron chi connectivity index (χ0n) is 10.7. The Labute approximate surface area is 130 Å². The van der Waals surface area contributed by atoms with Gasteiger partial charge in [-0.05, 0) is 45.3 Å². The summed E-state index contributed by atoms with van der Waals surface area (Å²) in [4.78, 5) is 2.56. The van der Waals surface area contributed by atoms with Gasteiger partial charge in [-0.1, -0.05) is 12.1 Å². The van der Waals surface area contributed by atoms with E-state index in [4.69, 9.17) is 0 Å². The van der Waals surface area contributed by atoms with Crippen LogP contribution in [-0.2, 0) is 0 Å². The van der Waals surface area contributed by atoms with E-state index >= 15 is 0 Å². The zero-order chi connectivity index (χ0) is 13.8. The van der Waals surface area contributed by atoms with Crippen LogP contribution in [0.5, 0.6) is 0 Å². The van der Waals surface area contributed by atoms with E-state index in [0.29, 0.717) is 6.54 Å². The van der Waals surface area contributed by atoms with Crippen LogP contribution in [0.2, 0.25) is 0 Å². The molecule has 3 heterocycles. The summed E-state index contributed by atoms with van der Waals surface area (Å²) in [7, 11) is 0. The van der Waals surface area contributed by atoms with Gasteiger partial charge in [0.1, 0.15) is 0 Å². The van der Waals surface area contributed by atoms with Gasteiger partial charge in [0.15, 0.2) is 0 Å². The van der Waals surface area contributed by atoms with Crippen molar-refractivity contribution in [1.82, 2.24) is 5.32 Å². The van der Waals surface area contributed by atoms with Crippen LogP contribution >= 0.6 is 34.0 Å². The van der Waals surface area contributed by atoms with Gasteiger partial charge in [-0.3, -0.25) is 0 Å². The SMILES string of the molecule is OC(CNC(c1cccs1)c1cccs1)c1ccsc1. The fraction of sp³-hybridized carbons (Fsp3) is 0.200. The minimum Gasteiger partial charge on any atom is -0.387 e. The lowest BCUT2D eigenvalue weighted by atomic mass is 10.1. The molecule has 0 saturated heterocycles. The number of aliphatic hydroxyl groups excluding tert-OH is 1. The van der Waals surface area contributed by atoms with Gasteiger partial charge in [-0.25, -0.2) is 0 Å². The Morgan fingerprint density at radius 2 is 1.70 bits per heavy atom. The van der Waals surface area contributed by atoms with Gasteiger partial charge in [0.25, 0.3) is 0 Å². The standard InChI is InChI=1S/C15H15NOS3/c17-12(11-5-8-18-10-11)9-16-15(13-3-1-6-19-13)14-4-2-7-20-14/h1-8,10,12,15-17H,9H2. The number of hydrogen-bond donors (Lipinski definition) is 2. The molecule has 2 nitrogen and oxygen atoms in total. The number of nitrogens with one attached hydrogen (secondary N) is 1. The molecule has 0 spiro atoms. The van der Waals surface area contributed by atoms with Crippen LogP contribution in [-0.4, -0.2) is 11.7 Å². The summed E-state index contributed by atoms with van der Waals surface area (Å²) >= 11 is 5.10. The summed E-state index contributed by atoms with van der Waals surface area (Å²) in [5.74, 6) is 0. The van der Waals surface area contributed by atoms with Crippen LogP contribution in [0, 0.1) is 0 Å². The van der Waals surface area contributed by atoms with Crippen molar-refractivity contribution in [3.63, 3.8) is 0 Å². The first-order chi connectivity index (χ1) is 9.84. The second kappa shape index (κ2) is 6.65. The van der Waals surface area contributed by atoms with Crippen LogP contribution in [0.1, 0.15) is 27.5 Å². The van der Waals surface area contributed by atoms with Crippen molar-refractivity contribution in [1.29, 1.82) is 0 Å². The predicted molar refractivity (Wildman–Crippen MR) is 87.8 cm³/mol. The molecule has 2 N–H and O–H groups in total. The van der Waals surface area contributed by atoms with Gasteiger partial charge in [0, 0.05) is 16.3 Å². The highest BCUT2D eigenvalue weighted by molar-refractivity contribution is 7.11. The molecule has 20 heavy (non-hydrogen) atoms. The molecular weight excluding hydrogens is 306 g/mol. The number of aliphatic hydroxyl groups is 1. The molecule has 0 aromatic carbocycles. The van der Waals surface area contributed by atoms with Crippen molar-refractivity contribution < 1.29 is 5.11 Å². The first-order valence-electron chi connectivity index (χ1n) is 6.35. The van der Waals surface area contributed by atoms with Gasteiger partial charge in [-0.2, -0.15) is 11.3 Å². The Hall–Kier alpha value is -0.980. The lowest BCUT2D eigenvalue weighted by Crippen LogP contribution is -2.26. The highest BCUT2D eigenvalue weighted by Gasteiger charge is 2.17.